The predicted molar refractivity (Wildman–Crippen MR) is 91.2 cm³/mol. The number of carbonyl (C=O) groups is 1. The first-order chi connectivity index (χ1) is 10.5. The van der Waals surface area contributed by atoms with Crippen molar-refractivity contribution in [2.24, 2.45) is 0 Å². The highest BCUT2D eigenvalue weighted by Gasteiger charge is 2.23. The maximum Gasteiger partial charge on any atom is 0.324 e. The average Bonchev–Trinajstić information content (AvgIpc) is 2.85. The zero-order chi connectivity index (χ0) is 15.9. The van der Waals surface area contributed by atoms with Crippen molar-refractivity contribution in [2.45, 2.75) is 40.6 Å². The summed E-state index contributed by atoms with van der Waals surface area (Å²) in [6, 6.07) is 10.3. The highest BCUT2D eigenvalue weighted by atomic mass is 16.4. The van der Waals surface area contributed by atoms with Gasteiger partial charge in [0, 0.05) is 12.0 Å². The van der Waals surface area contributed by atoms with Gasteiger partial charge in [0.25, 0.3) is 0 Å². The van der Waals surface area contributed by atoms with Crippen LogP contribution in [0.15, 0.2) is 30.3 Å². The highest BCUT2D eigenvalue weighted by Crippen LogP contribution is 2.18. The van der Waals surface area contributed by atoms with Gasteiger partial charge in [-0.05, 0) is 66.2 Å². The third-order valence-electron chi connectivity index (χ3n) is 4.75. The van der Waals surface area contributed by atoms with E-state index >= 15 is 0 Å². The van der Waals surface area contributed by atoms with Crippen molar-refractivity contribution in [2.75, 3.05) is 0 Å². The fourth-order valence-corrected chi connectivity index (χ4v) is 3.05. The lowest BCUT2D eigenvalue weighted by molar-refractivity contribution is 0.0993. The minimum absolute atomic E-state index is 0.133. The zero-order valence-electron chi connectivity index (χ0n) is 13.7. The minimum atomic E-state index is 0.133. The molecule has 0 saturated carbocycles. The van der Waals surface area contributed by atoms with Crippen LogP contribution < -0.4 is 5.46 Å². The summed E-state index contributed by atoms with van der Waals surface area (Å²) in [5.41, 5.74) is 7.97. The zero-order valence-corrected chi connectivity index (χ0v) is 13.7. The summed E-state index contributed by atoms with van der Waals surface area (Å²) in [4.78, 5) is 12.6. The summed E-state index contributed by atoms with van der Waals surface area (Å²) in [6.45, 7) is 9.10. The van der Waals surface area contributed by atoms with E-state index in [-0.39, 0.29) is 12.7 Å². The largest absolute Gasteiger partial charge is 0.427 e. The molecule has 2 aromatic rings. The van der Waals surface area contributed by atoms with Crippen LogP contribution in [-0.4, -0.2) is 12.7 Å². The number of benzene rings is 2. The number of hydrogen-bond acceptors (Lipinski definition) is 2. The lowest BCUT2D eigenvalue weighted by atomic mass is 9.64. The van der Waals surface area contributed by atoms with Crippen LogP contribution >= 0.6 is 0 Å². The van der Waals surface area contributed by atoms with E-state index in [0.717, 1.165) is 11.1 Å². The van der Waals surface area contributed by atoms with Crippen LogP contribution in [0.5, 0.6) is 0 Å². The smallest absolute Gasteiger partial charge is 0.324 e. The Morgan fingerprint density at radius 2 is 1.82 bits per heavy atom. The first-order valence-corrected chi connectivity index (χ1v) is 7.80. The highest BCUT2D eigenvalue weighted by molar-refractivity contribution is 6.67. The van der Waals surface area contributed by atoms with Gasteiger partial charge in [0.1, 0.15) is 0 Å². The van der Waals surface area contributed by atoms with Crippen molar-refractivity contribution in [1.29, 1.82) is 0 Å². The van der Waals surface area contributed by atoms with E-state index in [1.807, 2.05) is 18.2 Å². The van der Waals surface area contributed by atoms with Crippen molar-refractivity contribution in [1.82, 2.24) is 0 Å². The summed E-state index contributed by atoms with van der Waals surface area (Å²) in [7, 11) is 0. The Bertz CT molecular complexity index is 726. The maximum absolute atomic E-state index is 12.6. The van der Waals surface area contributed by atoms with Gasteiger partial charge in [-0.3, -0.25) is 4.79 Å². The molecule has 0 unspecified atom stereocenters. The topological polar surface area (TPSA) is 26.3 Å². The van der Waals surface area contributed by atoms with Gasteiger partial charge in [-0.25, -0.2) is 0 Å². The van der Waals surface area contributed by atoms with Crippen LogP contribution in [-0.2, 0) is 17.7 Å². The van der Waals surface area contributed by atoms with Crippen LogP contribution in [0.2, 0.25) is 6.82 Å². The lowest BCUT2D eigenvalue weighted by Gasteiger charge is -2.09. The summed E-state index contributed by atoms with van der Waals surface area (Å²) < 4.78 is 5.63. The van der Waals surface area contributed by atoms with Gasteiger partial charge in [-0.15, -0.1) is 0 Å². The Labute approximate surface area is 132 Å². The number of rotatable bonds is 3. The molecule has 0 bridgehead atoms. The third-order valence-corrected chi connectivity index (χ3v) is 4.75. The maximum atomic E-state index is 12.6. The first-order valence-electron chi connectivity index (χ1n) is 7.80. The molecule has 0 atom stereocenters. The molecule has 0 aromatic heterocycles. The molecule has 0 amide bonds. The summed E-state index contributed by atoms with van der Waals surface area (Å²) in [5, 5.41) is 0. The Balaban J connectivity index is 1.85. The second-order valence-corrected chi connectivity index (χ2v) is 6.32. The van der Waals surface area contributed by atoms with E-state index < -0.39 is 0 Å². The molecule has 0 saturated heterocycles. The van der Waals surface area contributed by atoms with E-state index in [0.29, 0.717) is 13.0 Å². The Morgan fingerprint density at radius 1 is 1.14 bits per heavy atom. The quantitative estimate of drug-likeness (QED) is 0.640. The van der Waals surface area contributed by atoms with E-state index in [1.54, 1.807) is 0 Å². The molecule has 3 heteroatoms. The molecule has 112 valence electrons. The van der Waals surface area contributed by atoms with Gasteiger partial charge in [-0.2, -0.15) is 0 Å². The molecule has 22 heavy (non-hydrogen) atoms. The summed E-state index contributed by atoms with van der Waals surface area (Å²) in [6.07, 6.45) is 0.446. The van der Waals surface area contributed by atoms with Crippen LogP contribution in [0.25, 0.3) is 0 Å². The summed E-state index contributed by atoms with van der Waals surface area (Å²) >= 11 is 0. The first kappa shape index (κ1) is 15.0. The number of Topliss-reactive ketones (excluding diaryl/α,β-unsaturated/α-hetero) is 1. The van der Waals surface area contributed by atoms with Gasteiger partial charge in [0.2, 0.25) is 0 Å². The second kappa shape index (κ2) is 5.73. The van der Waals surface area contributed by atoms with Crippen LogP contribution in [0, 0.1) is 20.8 Å². The molecule has 2 aromatic carbocycles. The normalized spacial score (nSPS) is 13.4. The fraction of sp³-hybridized carbons (Fsp3) is 0.316. The molecule has 0 spiro atoms. The van der Waals surface area contributed by atoms with Crippen LogP contribution in [0.4, 0.5) is 0 Å². The van der Waals surface area contributed by atoms with E-state index in [4.69, 9.17) is 4.65 Å². The number of ketones is 1. The molecular formula is C19H21BO2. The van der Waals surface area contributed by atoms with Gasteiger partial charge < -0.3 is 4.65 Å². The second-order valence-electron chi connectivity index (χ2n) is 6.32. The Hall–Kier alpha value is -1.87. The molecule has 1 aliphatic heterocycles. The Kier molecular flexibility index (Phi) is 3.92. The predicted octanol–water partition coefficient (Wildman–Crippen LogP) is 3.40. The van der Waals surface area contributed by atoms with Gasteiger partial charge >= 0.3 is 6.92 Å². The SMILES string of the molecule is CB1OCc2ccc(CC(=O)c3cc(C)c(C)c(C)c3)cc21. The van der Waals surface area contributed by atoms with Crippen molar-refractivity contribution in [3.8, 4) is 0 Å². The molecule has 2 nitrogen and oxygen atoms in total. The van der Waals surface area contributed by atoms with Crippen molar-refractivity contribution in [3.05, 3.63) is 63.7 Å². The molecular weight excluding hydrogens is 271 g/mol. The van der Waals surface area contributed by atoms with Crippen molar-refractivity contribution in [3.63, 3.8) is 0 Å². The average molecular weight is 292 g/mol. The molecule has 3 rings (SSSR count). The molecule has 1 aliphatic rings. The number of carbonyl (C=O) groups excluding carboxylic acids is 1. The molecule has 0 radical (unpaired) electrons. The third kappa shape index (κ3) is 2.73. The van der Waals surface area contributed by atoms with E-state index in [2.05, 4.69) is 39.7 Å². The monoisotopic (exact) mass is 292 g/mol. The van der Waals surface area contributed by atoms with E-state index in [1.165, 1.54) is 27.7 Å². The molecule has 0 fully saturated rings. The van der Waals surface area contributed by atoms with Crippen molar-refractivity contribution >= 4 is 18.2 Å². The number of hydrogen-bond donors (Lipinski definition) is 0. The molecule has 1 heterocycles. The standard InChI is InChI=1S/C19H21BO2/c1-12-7-17(8-13(2)14(12)3)19(21)10-15-5-6-16-11-22-20(4)18(16)9-15/h5-9H,10-11H2,1-4H3. The lowest BCUT2D eigenvalue weighted by Crippen LogP contribution is -2.24. The Morgan fingerprint density at radius 3 is 2.50 bits per heavy atom. The van der Waals surface area contributed by atoms with Crippen LogP contribution in [0.1, 0.15) is 38.2 Å². The van der Waals surface area contributed by atoms with Gasteiger partial charge in [0.15, 0.2) is 5.78 Å². The van der Waals surface area contributed by atoms with Crippen molar-refractivity contribution < 1.29 is 9.45 Å². The number of fused-ring (bicyclic) bond motifs is 1. The van der Waals surface area contributed by atoms with Gasteiger partial charge in [-0.1, -0.05) is 25.0 Å². The fourth-order valence-electron chi connectivity index (χ4n) is 3.05. The minimum Gasteiger partial charge on any atom is -0.427 e. The van der Waals surface area contributed by atoms with E-state index in [9.17, 15) is 4.79 Å². The van der Waals surface area contributed by atoms with Gasteiger partial charge in [0.05, 0.1) is 6.61 Å². The molecule has 0 aliphatic carbocycles. The summed E-state index contributed by atoms with van der Waals surface area (Å²) in [5.74, 6) is 0.178. The molecule has 0 N–H and O–H groups in total. The van der Waals surface area contributed by atoms with Crippen LogP contribution in [0.3, 0.4) is 0 Å². The number of aryl methyl sites for hydroxylation is 2.